The highest BCUT2D eigenvalue weighted by atomic mass is 35.5. The summed E-state index contributed by atoms with van der Waals surface area (Å²) >= 11 is 6.08. The maximum atomic E-state index is 12.2. The minimum absolute atomic E-state index is 0.0230. The van der Waals surface area contributed by atoms with E-state index in [4.69, 9.17) is 11.6 Å². The average molecular weight is 345 g/mol. The molecular formula is C19H21ClN2O2. The molecule has 2 aromatic rings. The van der Waals surface area contributed by atoms with Crippen LogP contribution in [-0.4, -0.2) is 30.3 Å². The zero-order valence-corrected chi connectivity index (χ0v) is 14.6. The molecule has 0 radical (unpaired) electrons. The van der Waals surface area contributed by atoms with Crippen LogP contribution in [0.15, 0.2) is 48.5 Å². The molecule has 0 saturated heterocycles. The van der Waals surface area contributed by atoms with Crippen molar-refractivity contribution in [1.82, 2.24) is 4.90 Å². The number of carbonyl (C=O) groups excluding carboxylic acids is 2. The highest BCUT2D eigenvalue weighted by Crippen LogP contribution is 2.17. The predicted octanol–water partition coefficient (Wildman–Crippen LogP) is 3.68. The van der Waals surface area contributed by atoms with Gasteiger partial charge in [-0.1, -0.05) is 47.5 Å². The fraction of sp³-hybridized carbons (Fsp3) is 0.263. The third kappa shape index (κ3) is 5.39. The lowest BCUT2D eigenvalue weighted by molar-refractivity contribution is -0.133. The van der Waals surface area contributed by atoms with E-state index in [1.54, 1.807) is 13.1 Å². The van der Waals surface area contributed by atoms with Crippen LogP contribution in [0.5, 0.6) is 0 Å². The minimum atomic E-state index is -0.215. The van der Waals surface area contributed by atoms with E-state index in [0.29, 0.717) is 17.9 Å². The van der Waals surface area contributed by atoms with Crippen molar-refractivity contribution in [3.8, 4) is 0 Å². The number of likely N-dealkylation sites (N-methyl/N-ethyl adjacent to an activating group) is 1. The van der Waals surface area contributed by atoms with Crippen molar-refractivity contribution < 1.29 is 9.59 Å². The molecule has 0 aromatic heterocycles. The van der Waals surface area contributed by atoms with Crippen LogP contribution in [0.4, 0.5) is 5.69 Å². The van der Waals surface area contributed by atoms with Gasteiger partial charge in [-0.15, -0.1) is 0 Å². The molecule has 5 heteroatoms. The van der Waals surface area contributed by atoms with Gasteiger partial charge in [0.2, 0.25) is 11.8 Å². The van der Waals surface area contributed by atoms with Crippen LogP contribution in [0.2, 0.25) is 5.02 Å². The fourth-order valence-corrected chi connectivity index (χ4v) is 2.50. The van der Waals surface area contributed by atoms with Gasteiger partial charge in [-0.05, 0) is 37.1 Å². The van der Waals surface area contributed by atoms with Gasteiger partial charge in [-0.2, -0.15) is 0 Å². The lowest BCUT2D eigenvalue weighted by Crippen LogP contribution is -2.35. The first-order valence-corrected chi connectivity index (χ1v) is 8.17. The molecule has 24 heavy (non-hydrogen) atoms. The first-order chi connectivity index (χ1) is 11.5. The molecule has 0 aliphatic heterocycles. The van der Waals surface area contributed by atoms with Gasteiger partial charge in [0.15, 0.2) is 0 Å². The number of hydrogen-bond acceptors (Lipinski definition) is 2. The molecule has 1 N–H and O–H groups in total. The molecule has 0 aliphatic rings. The Labute approximate surface area is 147 Å². The van der Waals surface area contributed by atoms with Gasteiger partial charge in [-0.25, -0.2) is 0 Å². The van der Waals surface area contributed by atoms with E-state index in [1.807, 2.05) is 49.4 Å². The Morgan fingerprint density at radius 2 is 1.75 bits per heavy atom. The average Bonchev–Trinajstić information content (AvgIpc) is 2.56. The summed E-state index contributed by atoms with van der Waals surface area (Å²) in [6, 6.07) is 15.0. The maximum absolute atomic E-state index is 12.2. The Balaban J connectivity index is 1.81. The summed E-state index contributed by atoms with van der Waals surface area (Å²) in [5.41, 5.74) is 2.78. The van der Waals surface area contributed by atoms with E-state index in [0.717, 1.165) is 16.8 Å². The van der Waals surface area contributed by atoms with Crippen molar-refractivity contribution in [2.45, 2.75) is 19.8 Å². The van der Waals surface area contributed by atoms with E-state index < -0.39 is 0 Å². The molecule has 0 bridgehead atoms. The number of benzene rings is 2. The number of nitrogens with zero attached hydrogens (tertiary/aromatic N) is 1. The van der Waals surface area contributed by atoms with Gasteiger partial charge >= 0.3 is 0 Å². The Kier molecular flexibility index (Phi) is 6.38. The second-order valence-electron chi connectivity index (χ2n) is 5.76. The summed E-state index contributed by atoms with van der Waals surface area (Å²) in [4.78, 5) is 25.6. The Bertz CT molecular complexity index is 714. The van der Waals surface area contributed by atoms with Crippen LogP contribution in [0.25, 0.3) is 0 Å². The molecule has 0 fully saturated rings. The molecule has 4 nitrogen and oxygen atoms in total. The summed E-state index contributed by atoms with van der Waals surface area (Å²) in [5.74, 6) is -0.304. The molecule has 0 spiro atoms. The van der Waals surface area contributed by atoms with Crippen LogP contribution in [0.3, 0.4) is 0 Å². The number of aryl methyl sites for hydroxylation is 2. The maximum Gasteiger partial charge on any atom is 0.243 e. The van der Waals surface area contributed by atoms with E-state index in [-0.39, 0.29) is 18.4 Å². The van der Waals surface area contributed by atoms with Crippen LogP contribution in [-0.2, 0) is 16.0 Å². The van der Waals surface area contributed by atoms with E-state index in [2.05, 4.69) is 5.32 Å². The monoisotopic (exact) mass is 344 g/mol. The molecule has 126 valence electrons. The SMILES string of the molecule is Cc1ccc(NC(=O)CN(C)C(=O)CCc2ccccc2Cl)cc1. The third-order valence-electron chi connectivity index (χ3n) is 3.71. The first kappa shape index (κ1) is 18.0. The van der Waals surface area contributed by atoms with Gasteiger partial charge in [0.1, 0.15) is 0 Å². The first-order valence-electron chi connectivity index (χ1n) is 7.79. The van der Waals surface area contributed by atoms with Crippen LogP contribution >= 0.6 is 11.6 Å². The number of nitrogens with one attached hydrogen (secondary N) is 1. The Morgan fingerprint density at radius 1 is 1.08 bits per heavy atom. The van der Waals surface area contributed by atoms with E-state index in [1.165, 1.54) is 4.90 Å². The predicted molar refractivity (Wildman–Crippen MR) is 97.2 cm³/mol. The molecule has 0 unspecified atom stereocenters. The molecule has 2 amide bonds. The molecule has 2 rings (SSSR count). The standard InChI is InChI=1S/C19H21ClN2O2/c1-14-7-10-16(11-8-14)21-18(23)13-22(2)19(24)12-9-15-5-3-4-6-17(15)20/h3-8,10-11H,9,12-13H2,1-2H3,(H,21,23). The summed E-state index contributed by atoms with van der Waals surface area (Å²) in [5, 5.41) is 3.44. The second-order valence-corrected chi connectivity index (χ2v) is 6.16. The Morgan fingerprint density at radius 3 is 2.42 bits per heavy atom. The van der Waals surface area contributed by atoms with Crippen molar-refractivity contribution in [3.05, 3.63) is 64.7 Å². The van der Waals surface area contributed by atoms with Crippen molar-refractivity contribution in [3.63, 3.8) is 0 Å². The lowest BCUT2D eigenvalue weighted by atomic mass is 10.1. The van der Waals surface area contributed by atoms with Gasteiger partial charge in [0, 0.05) is 24.2 Å². The number of halogens is 1. The molecule has 0 aliphatic carbocycles. The number of carbonyl (C=O) groups is 2. The van der Waals surface area contributed by atoms with E-state index >= 15 is 0 Å². The number of hydrogen-bond donors (Lipinski definition) is 1. The van der Waals surface area contributed by atoms with Crippen LogP contribution < -0.4 is 5.32 Å². The molecular weight excluding hydrogens is 324 g/mol. The van der Waals surface area contributed by atoms with Crippen molar-refractivity contribution in [1.29, 1.82) is 0 Å². The molecule has 0 saturated carbocycles. The zero-order valence-electron chi connectivity index (χ0n) is 13.9. The highest BCUT2D eigenvalue weighted by Gasteiger charge is 2.13. The van der Waals surface area contributed by atoms with Gasteiger partial charge in [0.25, 0.3) is 0 Å². The quantitative estimate of drug-likeness (QED) is 0.869. The van der Waals surface area contributed by atoms with Crippen molar-refractivity contribution in [2.24, 2.45) is 0 Å². The van der Waals surface area contributed by atoms with E-state index in [9.17, 15) is 9.59 Å². The van der Waals surface area contributed by atoms with Gasteiger partial charge < -0.3 is 10.2 Å². The molecule has 0 heterocycles. The smallest absolute Gasteiger partial charge is 0.243 e. The molecule has 0 atom stereocenters. The second kappa shape index (κ2) is 8.50. The summed E-state index contributed by atoms with van der Waals surface area (Å²) in [6.45, 7) is 2.01. The van der Waals surface area contributed by atoms with Gasteiger partial charge in [0.05, 0.1) is 6.54 Å². The van der Waals surface area contributed by atoms with Crippen molar-refractivity contribution >= 4 is 29.1 Å². The van der Waals surface area contributed by atoms with Crippen LogP contribution in [0.1, 0.15) is 17.5 Å². The summed E-state index contributed by atoms with van der Waals surface area (Å²) < 4.78 is 0. The lowest BCUT2D eigenvalue weighted by Gasteiger charge is -2.17. The normalized spacial score (nSPS) is 10.3. The van der Waals surface area contributed by atoms with Crippen LogP contribution in [0, 0.1) is 6.92 Å². The summed E-state index contributed by atoms with van der Waals surface area (Å²) in [6.07, 6.45) is 0.875. The van der Waals surface area contributed by atoms with Gasteiger partial charge in [-0.3, -0.25) is 9.59 Å². The Hall–Kier alpha value is -2.33. The molecule has 2 aromatic carbocycles. The topological polar surface area (TPSA) is 49.4 Å². The van der Waals surface area contributed by atoms with Crippen molar-refractivity contribution in [2.75, 3.05) is 18.9 Å². The number of rotatable bonds is 6. The highest BCUT2D eigenvalue weighted by molar-refractivity contribution is 6.31. The number of amides is 2. The fourth-order valence-electron chi connectivity index (χ4n) is 2.27. The third-order valence-corrected chi connectivity index (χ3v) is 4.08. The largest absolute Gasteiger partial charge is 0.336 e. The zero-order chi connectivity index (χ0) is 17.5. The minimum Gasteiger partial charge on any atom is -0.336 e. The summed E-state index contributed by atoms with van der Waals surface area (Å²) in [7, 11) is 1.63. The number of anilines is 1.